The summed E-state index contributed by atoms with van der Waals surface area (Å²) in [5, 5.41) is 4.14. The van der Waals surface area contributed by atoms with Crippen molar-refractivity contribution >= 4 is 11.1 Å². The fraction of sp³-hybridized carbons (Fsp3) is 0.471. The highest BCUT2D eigenvalue weighted by molar-refractivity contribution is 5.72. The number of hydrogen-bond donors (Lipinski definition) is 0. The molecule has 126 valence electrons. The van der Waals surface area contributed by atoms with Crippen LogP contribution in [0.3, 0.4) is 0 Å². The first-order valence-electron chi connectivity index (χ1n) is 8.37. The number of oxazole rings is 1. The predicted octanol–water partition coefficient (Wildman–Crippen LogP) is 1.75. The van der Waals surface area contributed by atoms with Crippen molar-refractivity contribution in [2.24, 2.45) is 0 Å². The molecule has 7 heteroatoms. The first-order chi connectivity index (χ1) is 11.9. The summed E-state index contributed by atoms with van der Waals surface area (Å²) in [6.45, 7) is 4.44. The molecule has 1 saturated heterocycles. The van der Waals surface area contributed by atoms with Crippen LogP contribution in [0.25, 0.3) is 11.1 Å². The Labute approximate surface area is 140 Å². The zero-order valence-electron chi connectivity index (χ0n) is 13.5. The number of para-hydroxylation sites is 2. The molecular weight excluding hydrogens is 306 g/mol. The Morgan fingerprint density at radius 1 is 1.25 bits per heavy atom. The van der Waals surface area contributed by atoms with Crippen molar-refractivity contribution < 1.29 is 9.15 Å². The van der Waals surface area contributed by atoms with Gasteiger partial charge in [-0.2, -0.15) is 5.10 Å². The number of ether oxygens (including phenoxy) is 1. The Morgan fingerprint density at radius 3 is 3.08 bits per heavy atom. The number of fused-ring (bicyclic) bond motifs is 1. The maximum atomic E-state index is 5.82. The van der Waals surface area contributed by atoms with E-state index in [0.717, 1.165) is 62.6 Å². The van der Waals surface area contributed by atoms with Gasteiger partial charge in [-0.3, -0.25) is 9.58 Å². The van der Waals surface area contributed by atoms with E-state index in [1.54, 1.807) is 12.7 Å². The third-order valence-electron chi connectivity index (χ3n) is 4.28. The highest BCUT2D eigenvalue weighted by Gasteiger charge is 2.21. The monoisotopic (exact) mass is 327 g/mol. The molecule has 0 N–H and O–H groups in total. The Morgan fingerprint density at radius 2 is 2.21 bits per heavy atom. The van der Waals surface area contributed by atoms with E-state index < -0.39 is 0 Å². The van der Waals surface area contributed by atoms with Crippen LogP contribution >= 0.6 is 0 Å². The Kier molecular flexibility index (Phi) is 4.53. The van der Waals surface area contributed by atoms with E-state index in [1.807, 2.05) is 28.9 Å². The van der Waals surface area contributed by atoms with E-state index in [4.69, 9.17) is 9.15 Å². The van der Waals surface area contributed by atoms with Crippen LogP contribution in [0.2, 0.25) is 0 Å². The van der Waals surface area contributed by atoms with E-state index in [2.05, 4.69) is 20.0 Å². The maximum Gasteiger partial charge on any atom is 0.195 e. The summed E-state index contributed by atoms with van der Waals surface area (Å²) in [5.74, 6) is 0.823. The highest BCUT2D eigenvalue weighted by Crippen LogP contribution is 2.16. The summed E-state index contributed by atoms with van der Waals surface area (Å²) in [7, 11) is 0. The second kappa shape index (κ2) is 7.11. The lowest BCUT2D eigenvalue weighted by Gasteiger charge is -2.32. The SMILES string of the molecule is c1ccc2oc(CCCN3CCOC(Cn4cncn4)C3)nc2c1. The number of nitrogens with zero attached hydrogens (tertiary/aromatic N) is 5. The van der Waals surface area contributed by atoms with Crippen LogP contribution in [0.15, 0.2) is 41.3 Å². The maximum absolute atomic E-state index is 5.82. The average molecular weight is 327 g/mol. The molecule has 0 spiro atoms. The van der Waals surface area contributed by atoms with Crippen molar-refractivity contribution in [1.82, 2.24) is 24.6 Å². The lowest BCUT2D eigenvalue weighted by Crippen LogP contribution is -2.44. The number of hydrogen-bond acceptors (Lipinski definition) is 6. The minimum Gasteiger partial charge on any atom is -0.441 e. The van der Waals surface area contributed by atoms with Gasteiger partial charge < -0.3 is 9.15 Å². The minimum absolute atomic E-state index is 0.171. The summed E-state index contributed by atoms with van der Waals surface area (Å²) >= 11 is 0. The molecular formula is C17H21N5O2. The van der Waals surface area contributed by atoms with Crippen molar-refractivity contribution in [1.29, 1.82) is 0 Å². The van der Waals surface area contributed by atoms with Gasteiger partial charge in [0.05, 0.1) is 19.3 Å². The molecule has 7 nitrogen and oxygen atoms in total. The van der Waals surface area contributed by atoms with Crippen LogP contribution < -0.4 is 0 Å². The molecule has 0 aliphatic carbocycles. The molecule has 2 aromatic heterocycles. The van der Waals surface area contributed by atoms with Crippen LogP contribution in [0, 0.1) is 0 Å². The largest absolute Gasteiger partial charge is 0.441 e. The van der Waals surface area contributed by atoms with Crippen LogP contribution in [-0.4, -0.2) is 57.0 Å². The Balaban J connectivity index is 1.26. The summed E-state index contributed by atoms with van der Waals surface area (Å²) in [5.41, 5.74) is 1.80. The molecule has 3 heterocycles. The second-order valence-electron chi connectivity index (χ2n) is 6.09. The molecule has 1 unspecified atom stereocenters. The summed E-state index contributed by atoms with van der Waals surface area (Å²) in [4.78, 5) is 10.9. The molecule has 1 atom stereocenters. The van der Waals surface area contributed by atoms with Gasteiger partial charge in [0.2, 0.25) is 0 Å². The zero-order chi connectivity index (χ0) is 16.2. The molecule has 1 aromatic carbocycles. The quantitative estimate of drug-likeness (QED) is 0.687. The smallest absolute Gasteiger partial charge is 0.195 e. The fourth-order valence-electron chi connectivity index (χ4n) is 3.11. The van der Waals surface area contributed by atoms with E-state index in [0.29, 0.717) is 0 Å². The number of benzene rings is 1. The molecule has 3 aromatic rings. The molecule has 0 bridgehead atoms. The van der Waals surface area contributed by atoms with Gasteiger partial charge in [0, 0.05) is 19.5 Å². The highest BCUT2D eigenvalue weighted by atomic mass is 16.5. The van der Waals surface area contributed by atoms with Gasteiger partial charge in [-0.25, -0.2) is 9.97 Å². The zero-order valence-corrected chi connectivity index (χ0v) is 13.5. The standard InChI is InChI=1S/C17H21N5O2/c1-2-5-16-15(4-1)20-17(24-16)6-3-7-21-8-9-23-14(10-21)11-22-13-18-12-19-22/h1-2,4-5,12-14H,3,6-11H2. The Hall–Kier alpha value is -2.25. The molecule has 1 aliphatic heterocycles. The number of aromatic nitrogens is 4. The molecule has 0 radical (unpaired) electrons. The predicted molar refractivity (Wildman–Crippen MR) is 88.5 cm³/mol. The number of aryl methyl sites for hydroxylation is 1. The van der Waals surface area contributed by atoms with Gasteiger partial charge in [-0.05, 0) is 25.1 Å². The molecule has 1 fully saturated rings. The first kappa shape index (κ1) is 15.3. The summed E-state index contributed by atoms with van der Waals surface area (Å²) in [6.07, 6.45) is 5.35. The lowest BCUT2D eigenvalue weighted by molar-refractivity contribution is -0.0377. The van der Waals surface area contributed by atoms with E-state index >= 15 is 0 Å². The van der Waals surface area contributed by atoms with Gasteiger partial charge >= 0.3 is 0 Å². The lowest BCUT2D eigenvalue weighted by atomic mass is 10.2. The number of rotatable bonds is 6. The van der Waals surface area contributed by atoms with Crippen molar-refractivity contribution in [3.8, 4) is 0 Å². The van der Waals surface area contributed by atoms with Gasteiger partial charge in [0.15, 0.2) is 11.5 Å². The third-order valence-corrected chi connectivity index (χ3v) is 4.28. The van der Waals surface area contributed by atoms with Gasteiger partial charge in [-0.15, -0.1) is 0 Å². The van der Waals surface area contributed by atoms with Gasteiger partial charge in [0.25, 0.3) is 0 Å². The van der Waals surface area contributed by atoms with Crippen molar-refractivity contribution in [2.45, 2.75) is 25.5 Å². The van der Waals surface area contributed by atoms with Gasteiger partial charge in [-0.1, -0.05) is 12.1 Å². The number of morpholine rings is 1. The molecule has 1 aliphatic rings. The Bertz CT molecular complexity index is 737. The van der Waals surface area contributed by atoms with Crippen LogP contribution in [0.1, 0.15) is 12.3 Å². The van der Waals surface area contributed by atoms with Gasteiger partial charge in [0.1, 0.15) is 18.2 Å². The fourth-order valence-corrected chi connectivity index (χ4v) is 3.11. The van der Waals surface area contributed by atoms with Crippen LogP contribution in [0.5, 0.6) is 0 Å². The van der Waals surface area contributed by atoms with E-state index in [1.165, 1.54) is 0 Å². The molecule has 0 amide bonds. The summed E-state index contributed by atoms with van der Waals surface area (Å²) in [6, 6.07) is 7.90. The van der Waals surface area contributed by atoms with Crippen LogP contribution in [-0.2, 0) is 17.7 Å². The van der Waals surface area contributed by atoms with Crippen molar-refractivity contribution in [2.75, 3.05) is 26.2 Å². The molecule has 0 saturated carbocycles. The molecule has 24 heavy (non-hydrogen) atoms. The third kappa shape index (κ3) is 3.63. The van der Waals surface area contributed by atoms with E-state index in [-0.39, 0.29) is 6.10 Å². The topological polar surface area (TPSA) is 69.2 Å². The normalized spacial score (nSPS) is 19.1. The molecule has 4 rings (SSSR count). The average Bonchev–Trinajstić information content (AvgIpc) is 3.24. The second-order valence-corrected chi connectivity index (χ2v) is 6.09. The van der Waals surface area contributed by atoms with Crippen molar-refractivity contribution in [3.63, 3.8) is 0 Å². The first-order valence-corrected chi connectivity index (χ1v) is 8.37. The summed E-state index contributed by atoms with van der Waals surface area (Å²) < 4.78 is 13.4. The van der Waals surface area contributed by atoms with Crippen LogP contribution in [0.4, 0.5) is 0 Å². The van der Waals surface area contributed by atoms with E-state index in [9.17, 15) is 0 Å². The minimum atomic E-state index is 0.171. The van der Waals surface area contributed by atoms with Crippen molar-refractivity contribution in [3.05, 3.63) is 42.8 Å².